The van der Waals surface area contributed by atoms with Gasteiger partial charge in [-0.25, -0.2) is 24.3 Å². The number of nitrogens with zero attached hydrogens (tertiary/aromatic N) is 1. The summed E-state index contributed by atoms with van der Waals surface area (Å²) in [5.41, 5.74) is 1.42. The largest absolute Gasteiger partial charge is 2.00 e. The van der Waals surface area contributed by atoms with Crippen molar-refractivity contribution in [2.45, 2.75) is 6.54 Å². The molecule has 0 N–H and O–H groups in total. The Balaban J connectivity index is 0. The van der Waals surface area contributed by atoms with E-state index >= 15 is 0 Å². The maximum absolute atomic E-state index is 2.20. The third-order valence-corrected chi connectivity index (χ3v) is 1.94. The van der Waals surface area contributed by atoms with E-state index in [-0.39, 0.29) is 34.1 Å². The van der Waals surface area contributed by atoms with Gasteiger partial charge in [0, 0.05) is 0 Å². The average Bonchev–Trinajstić information content (AvgIpc) is 2.71. The first-order valence-corrected chi connectivity index (χ1v) is 5.26. The molecule has 0 aromatic heterocycles. The molecule has 0 aliphatic carbocycles. The standard InChI is InChI=1S/C9H15N.C5H5.BrH.Fe/c1-10(2,3)8-9-6-4-5-7-9;1-2-4-5-3-1;;/h4-7H,8H2,1-3H3;1-5H;1H;/q;-1;;+2/p-1. The van der Waals surface area contributed by atoms with Gasteiger partial charge < -0.3 is 21.5 Å². The number of halogens is 1. The van der Waals surface area contributed by atoms with Crippen LogP contribution in [0, 0.1) is 0 Å². The van der Waals surface area contributed by atoms with Gasteiger partial charge in [-0.05, 0) is 0 Å². The quantitative estimate of drug-likeness (QED) is 0.412. The Bertz CT molecular complexity index is 315. The molecule has 0 aliphatic heterocycles. The maximum atomic E-state index is 2.20. The van der Waals surface area contributed by atoms with Crippen molar-refractivity contribution >= 4 is 0 Å². The van der Waals surface area contributed by atoms with Crippen molar-refractivity contribution in [1.29, 1.82) is 0 Å². The summed E-state index contributed by atoms with van der Waals surface area (Å²) in [7, 11) is 6.60. The van der Waals surface area contributed by atoms with Gasteiger partial charge in [0.2, 0.25) is 0 Å². The van der Waals surface area contributed by atoms with Crippen molar-refractivity contribution in [3.8, 4) is 0 Å². The second kappa shape index (κ2) is 9.67. The van der Waals surface area contributed by atoms with Crippen LogP contribution >= 0.6 is 0 Å². The molecule has 2 aromatic carbocycles. The molecule has 0 heterocycles. The van der Waals surface area contributed by atoms with E-state index in [0.29, 0.717) is 0 Å². The second-order valence-corrected chi connectivity index (χ2v) is 4.70. The Morgan fingerprint density at radius 3 is 1.88 bits per heavy atom. The van der Waals surface area contributed by atoms with Crippen LogP contribution in [-0.4, -0.2) is 25.6 Å². The van der Waals surface area contributed by atoms with Crippen LogP contribution in [-0.2, 0) is 23.6 Å². The topological polar surface area (TPSA) is 0 Å². The first kappa shape index (κ1) is 19.0. The molecular weight excluding hydrogens is 318 g/mol. The van der Waals surface area contributed by atoms with E-state index in [0.717, 1.165) is 11.0 Å². The molecule has 0 saturated carbocycles. The molecule has 0 atom stereocenters. The Morgan fingerprint density at radius 1 is 1.00 bits per heavy atom. The zero-order valence-electron chi connectivity index (χ0n) is 10.6. The van der Waals surface area contributed by atoms with Crippen LogP contribution in [0.15, 0.2) is 54.6 Å². The molecule has 0 spiro atoms. The molecule has 0 saturated heterocycles. The van der Waals surface area contributed by atoms with Gasteiger partial charge in [0.25, 0.3) is 0 Å². The van der Waals surface area contributed by atoms with E-state index in [1.54, 1.807) is 0 Å². The average molecular weight is 338 g/mol. The van der Waals surface area contributed by atoms with Gasteiger partial charge in [0.05, 0.1) is 27.7 Å². The van der Waals surface area contributed by atoms with Gasteiger partial charge in [0.1, 0.15) is 0 Å². The molecule has 0 radical (unpaired) electrons. The summed E-state index contributed by atoms with van der Waals surface area (Å²) < 4.78 is 1.00. The molecule has 0 bridgehead atoms. The van der Waals surface area contributed by atoms with Crippen LogP contribution in [0.25, 0.3) is 0 Å². The number of quaternary nitrogens is 1. The van der Waals surface area contributed by atoms with Crippen LogP contribution in [0.3, 0.4) is 0 Å². The molecule has 17 heavy (non-hydrogen) atoms. The minimum absolute atomic E-state index is 0. The molecule has 1 nitrogen and oxygen atoms in total. The fraction of sp³-hybridized carbons (Fsp3) is 0.286. The fourth-order valence-electron chi connectivity index (χ4n) is 1.39. The summed E-state index contributed by atoms with van der Waals surface area (Å²) in [6.45, 7) is 1.12. The SMILES string of the molecule is C[N+](C)(C)Cc1ccc[cH-]1.[Br-].[Fe+2].c1cc[cH-]c1. The molecule has 96 valence electrons. The van der Waals surface area contributed by atoms with Crippen molar-refractivity contribution in [3.05, 3.63) is 60.2 Å². The number of hydrogen-bond acceptors (Lipinski definition) is 0. The normalized spacial score (nSPS) is 9.35. The van der Waals surface area contributed by atoms with E-state index in [4.69, 9.17) is 0 Å². The summed E-state index contributed by atoms with van der Waals surface area (Å²) in [5.74, 6) is 0. The Morgan fingerprint density at radius 2 is 1.59 bits per heavy atom. The van der Waals surface area contributed by atoms with Gasteiger partial charge in [-0.1, -0.05) is 0 Å². The number of rotatable bonds is 2. The first-order chi connectivity index (χ1) is 7.08. The molecule has 0 fully saturated rings. The summed E-state index contributed by atoms with van der Waals surface area (Å²) in [6.07, 6.45) is 0. The molecule has 0 amide bonds. The summed E-state index contributed by atoms with van der Waals surface area (Å²) in [6, 6.07) is 18.5. The van der Waals surface area contributed by atoms with Crippen molar-refractivity contribution in [2.75, 3.05) is 21.1 Å². The van der Waals surface area contributed by atoms with Crippen molar-refractivity contribution in [1.82, 2.24) is 0 Å². The molecule has 2 aromatic rings. The van der Waals surface area contributed by atoms with Crippen molar-refractivity contribution in [2.24, 2.45) is 0 Å². The van der Waals surface area contributed by atoms with Crippen LogP contribution in [0.4, 0.5) is 0 Å². The molecule has 0 unspecified atom stereocenters. The molecule has 2 rings (SSSR count). The number of hydrogen-bond donors (Lipinski definition) is 0. The predicted octanol–water partition coefficient (Wildman–Crippen LogP) is 0.0187. The monoisotopic (exact) mass is 337 g/mol. The first-order valence-electron chi connectivity index (χ1n) is 5.26. The Labute approximate surface area is 126 Å². The van der Waals surface area contributed by atoms with E-state index in [9.17, 15) is 0 Å². The van der Waals surface area contributed by atoms with Gasteiger partial charge in [0.15, 0.2) is 0 Å². The summed E-state index contributed by atoms with van der Waals surface area (Å²) in [4.78, 5) is 0. The fourth-order valence-corrected chi connectivity index (χ4v) is 1.39. The molecule has 0 aliphatic rings. The molecule has 3 heteroatoms. The van der Waals surface area contributed by atoms with Crippen LogP contribution < -0.4 is 17.0 Å². The third-order valence-electron chi connectivity index (χ3n) is 1.94. The van der Waals surface area contributed by atoms with Crippen LogP contribution in [0.1, 0.15) is 5.56 Å². The van der Waals surface area contributed by atoms with Gasteiger partial charge in [-0.3, -0.25) is 0 Å². The smallest absolute Gasteiger partial charge is 1.00 e. The van der Waals surface area contributed by atoms with Gasteiger partial charge >= 0.3 is 17.1 Å². The minimum Gasteiger partial charge on any atom is -1.00 e. The van der Waals surface area contributed by atoms with E-state index in [1.165, 1.54) is 5.56 Å². The zero-order chi connectivity index (χ0) is 11.1. The van der Waals surface area contributed by atoms with Crippen LogP contribution in [0.5, 0.6) is 0 Å². The van der Waals surface area contributed by atoms with E-state index < -0.39 is 0 Å². The summed E-state index contributed by atoms with van der Waals surface area (Å²) >= 11 is 0. The third kappa shape index (κ3) is 10.5. The maximum Gasteiger partial charge on any atom is 2.00 e. The van der Waals surface area contributed by atoms with Crippen molar-refractivity contribution < 1.29 is 38.5 Å². The summed E-state index contributed by atoms with van der Waals surface area (Å²) in [5, 5.41) is 0. The Kier molecular flexibility index (Phi) is 10.8. The van der Waals surface area contributed by atoms with E-state index in [2.05, 4.69) is 45.4 Å². The van der Waals surface area contributed by atoms with E-state index in [1.807, 2.05) is 30.3 Å². The second-order valence-electron chi connectivity index (χ2n) is 4.70. The zero-order valence-corrected chi connectivity index (χ0v) is 13.3. The van der Waals surface area contributed by atoms with Gasteiger partial charge in [-0.2, -0.15) is 30.3 Å². The predicted molar refractivity (Wildman–Crippen MR) is 65.8 cm³/mol. The minimum atomic E-state index is 0. The van der Waals surface area contributed by atoms with Crippen LogP contribution in [0.2, 0.25) is 0 Å². The van der Waals surface area contributed by atoms with Gasteiger partial charge in [-0.15, -0.1) is 5.56 Å². The van der Waals surface area contributed by atoms with Crippen molar-refractivity contribution in [3.63, 3.8) is 0 Å². The Hall–Kier alpha value is -0.341. The molecular formula is C14H20BrFeN.